The first kappa shape index (κ1) is 18.1. The van der Waals surface area contributed by atoms with Gasteiger partial charge in [-0.2, -0.15) is 0 Å². The fourth-order valence-corrected chi connectivity index (χ4v) is 4.25. The molecule has 5 heteroatoms. The number of nitrogens with zero attached hydrogens (tertiary/aromatic N) is 1. The van der Waals surface area contributed by atoms with Crippen molar-refractivity contribution in [2.45, 2.75) is 33.6 Å². The lowest BCUT2D eigenvalue weighted by molar-refractivity contribution is 0.102. The summed E-state index contributed by atoms with van der Waals surface area (Å²) in [4.78, 5) is 15.2. The SMILES string of the molecule is Cc1cc(C)c(N2CCCC2)c(C)c1NC(=O)c1c(Cl)cccc1Cl. The Bertz CT molecular complexity index is 807. The van der Waals surface area contributed by atoms with Crippen LogP contribution in [0, 0.1) is 20.8 Å². The number of benzene rings is 2. The van der Waals surface area contributed by atoms with Gasteiger partial charge < -0.3 is 10.2 Å². The minimum absolute atomic E-state index is 0.280. The molecule has 2 aromatic carbocycles. The summed E-state index contributed by atoms with van der Waals surface area (Å²) in [5, 5.41) is 3.74. The van der Waals surface area contributed by atoms with Crippen molar-refractivity contribution in [3.8, 4) is 0 Å². The van der Waals surface area contributed by atoms with Crippen molar-refractivity contribution in [2.24, 2.45) is 0 Å². The van der Waals surface area contributed by atoms with E-state index in [4.69, 9.17) is 23.2 Å². The third-order valence-electron chi connectivity index (χ3n) is 4.78. The van der Waals surface area contributed by atoms with Crippen LogP contribution in [0.15, 0.2) is 24.3 Å². The predicted molar refractivity (Wildman–Crippen MR) is 107 cm³/mol. The maximum absolute atomic E-state index is 12.8. The monoisotopic (exact) mass is 376 g/mol. The maximum Gasteiger partial charge on any atom is 0.258 e. The topological polar surface area (TPSA) is 32.3 Å². The number of carbonyl (C=O) groups is 1. The lowest BCUT2D eigenvalue weighted by atomic mass is 10.0. The molecule has 1 fully saturated rings. The average Bonchev–Trinajstić information content (AvgIpc) is 3.05. The molecule has 1 amide bonds. The number of hydrogen-bond donors (Lipinski definition) is 1. The summed E-state index contributed by atoms with van der Waals surface area (Å²) in [6, 6.07) is 7.21. The number of carbonyl (C=O) groups excluding carboxylic acids is 1. The van der Waals surface area contributed by atoms with Crippen LogP contribution in [0.3, 0.4) is 0 Å². The number of halogens is 2. The molecule has 0 saturated carbocycles. The maximum atomic E-state index is 12.8. The van der Waals surface area contributed by atoms with E-state index in [1.165, 1.54) is 24.1 Å². The number of hydrogen-bond acceptors (Lipinski definition) is 2. The van der Waals surface area contributed by atoms with Crippen molar-refractivity contribution < 1.29 is 4.79 Å². The van der Waals surface area contributed by atoms with Gasteiger partial charge in [0.15, 0.2) is 0 Å². The summed E-state index contributed by atoms with van der Waals surface area (Å²) in [6.07, 6.45) is 2.42. The van der Waals surface area contributed by atoms with Gasteiger partial charge in [-0.25, -0.2) is 0 Å². The van der Waals surface area contributed by atoms with Gasteiger partial charge in [-0.3, -0.25) is 4.79 Å². The minimum Gasteiger partial charge on any atom is -0.371 e. The third kappa shape index (κ3) is 3.49. The van der Waals surface area contributed by atoms with E-state index in [9.17, 15) is 4.79 Å². The van der Waals surface area contributed by atoms with E-state index in [1.54, 1.807) is 18.2 Å². The van der Waals surface area contributed by atoms with Gasteiger partial charge in [-0.1, -0.05) is 35.3 Å². The first-order chi connectivity index (χ1) is 11.9. The highest BCUT2D eigenvalue weighted by Crippen LogP contribution is 2.36. The van der Waals surface area contributed by atoms with Gasteiger partial charge in [-0.05, 0) is 62.4 Å². The zero-order valence-electron chi connectivity index (χ0n) is 14.7. The van der Waals surface area contributed by atoms with Crippen LogP contribution < -0.4 is 10.2 Å². The second-order valence-electron chi connectivity index (χ2n) is 6.60. The molecule has 0 aromatic heterocycles. The molecule has 0 aliphatic carbocycles. The van der Waals surface area contributed by atoms with E-state index in [2.05, 4.69) is 30.1 Å². The van der Waals surface area contributed by atoms with Crippen LogP contribution >= 0.6 is 23.2 Å². The Hall–Kier alpha value is -1.71. The molecule has 0 radical (unpaired) electrons. The quantitative estimate of drug-likeness (QED) is 0.736. The molecule has 3 rings (SSSR count). The highest BCUT2D eigenvalue weighted by atomic mass is 35.5. The van der Waals surface area contributed by atoms with Gasteiger partial charge in [0, 0.05) is 24.5 Å². The Balaban J connectivity index is 2.00. The number of anilines is 2. The van der Waals surface area contributed by atoms with Gasteiger partial charge in [0.2, 0.25) is 0 Å². The van der Waals surface area contributed by atoms with Crippen LogP contribution in [0.2, 0.25) is 10.0 Å². The zero-order chi connectivity index (χ0) is 18.1. The van der Waals surface area contributed by atoms with Crippen LogP contribution in [0.25, 0.3) is 0 Å². The Morgan fingerprint density at radius 1 is 1.04 bits per heavy atom. The van der Waals surface area contributed by atoms with E-state index in [-0.39, 0.29) is 5.91 Å². The zero-order valence-corrected chi connectivity index (χ0v) is 16.3. The van der Waals surface area contributed by atoms with Gasteiger partial charge >= 0.3 is 0 Å². The van der Waals surface area contributed by atoms with Crippen LogP contribution in [-0.4, -0.2) is 19.0 Å². The fraction of sp³-hybridized carbons (Fsp3) is 0.350. The molecule has 0 atom stereocenters. The standard InChI is InChI=1S/C20H22Cl2N2O/c1-12-11-13(2)19(24-9-4-5-10-24)14(3)18(12)23-20(25)17-15(21)7-6-8-16(17)22/h6-8,11H,4-5,9-10H2,1-3H3,(H,23,25). The van der Waals surface area contributed by atoms with Crippen LogP contribution in [0.4, 0.5) is 11.4 Å². The molecule has 0 unspecified atom stereocenters. The molecule has 2 aromatic rings. The largest absolute Gasteiger partial charge is 0.371 e. The molecular formula is C20H22Cl2N2O. The highest BCUT2D eigenvalue weighted by Gasteiger charge is 2.22. The van der Waals surface area contributed by atoms with Crippen LogP contribution in [-0.2, 0) is 0 Å². The summed E-state index contributed by atoms with van der Waals surface area (Å²) in [5.74, 6) is -0.280. The summed E-state index contributed by atoms with van der Waals surface area (Å²) in [5.41, 5.74) is 5.75. The number of amides is 1. The minimum atomic E-state index is -0.280. The van der Waals surface area contributed by atoms with Gasteiger partial charge in [0.1, 0.15) is 0 Å². The molecule has 0 spiro atoms. The van der Waals surface area contributed by atoms with Crippen molar-refractivity contribution in [3.05, 3.63) is 56.6 Å². The molecule has 1 N–H and O–H groups in total. The van der Waals surface area contributed by atoms with Gasteiger partial charge in [0.25, 0.3) is 5.91 Å². The van der Waals surface area contributed by atoms with Crippen molar-refractivity contribution in [1.82, 2.24) is 0 Å². The van der Waals surface area contributed by atoms with Gasteiger partial charge in [-0.15, -0.1) is 0 Å². The molecule has 132 valence electrons. The summed E-state index contributed by atoms with van der Waals surface area (Å²) in [7, 11) is 0. The predicted octanol–water partition coefficient (Wildman–Crippen LogP) is 5.77. The molecule has 1 aliphatic heterocycles. The van der Waals surface area contributed by atoms with Crippen molar-refractivity contribution in [3.63, 3.8) is 0 Å². The lowest BCUT2D eigenvalue weighted by Gasteiger charge is -2.26. The first-order valence-corrected chi connectivity index (χ1v) is 9.27. The lowest BCUT2D eigenvalue weighted by Crippen LogP contribution is -2.22. The fourth-order valence-electron chi connectivity index (χ4n) is 3.69. The second-order valence-corrected chi connectivity index (χ2v) is 7.42. The Morgan fingerprint density at radius 3 is 2.24 bits per heavy atom. The second kappa shape index (κ2) is 7.27. The normalized spacial score (nSPS) is 14.0. The van der Waals surface area contributed by atoms with E-state index in [1.807, 2.05) is 6.92 Å². The van der Waals surface area contributed by atoms with E-state index < -0.39 is 0 Å². The summed E-state index contributed by atoms with van der Waals surface area (Å²) < 4.78 is 0. The molecule has 25 heavy (non-hydrogen) atoms. The van der Waals surface area contributed by atoms with Crippen LogP contribution in [0.1, 0.15) is 39.9 Å². The van der Waals surface area contributed by atoms with E-state index >= 15 is 0 Å². The number of nitrogens with one attached hydrogen (secondary N) is 1. The molecule has 1 heterocycles. The number of rotatable bonds is 3. The van der Waals surface area contributed by atoms with E-state index in [0.29, 0.717) is 15.6 Å². The van der Waals surface area contributed by atoms with Gasteiger partial charge in [0.05, 0.1) is 15.6 Å². The Morgan fingerprint density at radius 2 is 1.64 bits per heavy atom. The highest BCUT2D eigenvalue weighted by molar-refractivity contribution is 6.40. The average molecular weight is 377 g/mol. The Kier molecular flexibility index (Phi) is 5.26. The summed E-state index contributed by atoms with van der Waals surface area (Å²) >= 11 is 12.4. The number of aryl methyl sites for hydroxylation is 2. The first-order valence-electron chi connectivity index (χ1n) is 8.51. The third-order valence-corrected chi connectivity index (χ3v) is 5.41. The smallest absolute Gasteiger partial charge is 0.258 e. The van der Waals surface area contributed by atoms with Crippen molar-refractivity contribution >= 4 is 40.5 Å². The molecule has 1 aliphatic rings. The molecular weight excluding hydrogens is 355 g/mol. The van der Waals surface area contributed by atoms with Crippen molar-refractivity contribution in [1.29, 1.82) is 0 Å². The van der Waals surface area contributed by atoms with E-state index in [0.717, 1.165) is 29.9 Å². The van der Waals surface area contributed by atoms with Crippen LogP contribution in [0.5, 0.6) is 0 Å². The van der Waals surface area contributed by atoms with Crippen molar-refractivity contribution in [2.75, 3.05) is 23.3 Å². The summed E-state index contributed by atoms with van der Waals surface area (Å²) in [6.45, 7) is 8.34. The molecule has 0 bridgehead atoms. The Labute approximate surface area is 158 Å². The molecule has 3 nitrogen and oxygen atoms in total. The molecule has 1 saturated heterocycles.